The molecule has 2 bridgehead atoms. The van der Waals surface area contributed by atoms with E-state index in [4.69, 9.17) is 10.7 Å². The molecule has 0 radical (unpaired) electrons. The van der Waals surface area contributed by atoms with Crippen LogP contribution in [0.25, 0.3) is 0 Å². The van der Waals surface area contributed by atoms with Gasteiger partial charge >= 0.3 is 0 Å². The van der Waals surface area contributed by atoms with Crippen LogP contribution in [-0.2, 0) is 11.3 Å². The van der Waals surface area contributed by atoms with Crippen molar-refractivity contribution in [2.45, 2.75) is 63.2 Å². The number of nitrogens with zero attached hydrogens (tertiary/aromatic N) is 5. The van der Waals surface area contributed by atoms with Gasteiger partial charge in [-0.25, -0.2) is 9.98 Å². The standard InChI is InChI=1S/C27H38N8O/c1-18(30-25-11-8-19(14-29-25)15-34-16-21-9-10-22(17-34)32-21)31-26-20(13-28)12-24(27(36)33(2)3)35(26)23-6-4-5-7-23/h8,11-14,21-23,32H,1,4-7,9-10,15-17,28H2,2-3H3,(H,29,30)/b20-13-,31-26+. The third kappa shape index (κ3) is 5.17. The molecule has 2 unspecified atom stereocenters. The summed E-state index contributed by atoms with van der Waals surface area (Å²) in [4.78, 5) is 28.5. The molecule has 4 heterocycles. The summed E-state index contributed by atoms with van der Waals surface area (Å²) in [6.45, 7) is 7.24. The number of piperazine rings is 1. The Bertz CT molecular complexity index is 1070. The van der Waals surface area contributed by atoms with Gasteiger partial charge in [-0.15, -0.1) is 0 Å². The number of aromatic nitrogens is 1. The number of nitrogens with two attached hydrogens (primary N) is 1. The van der Waals surface area contributed by atoms with E-state index in [0.717, 1.165) is 50.9 Å². The van der Waals surface area contributed by atoms with Crippen molar-refractivity contribution < 1.29 is 4.79 Å². The SMILES string of the molecule is C=C(/N=C1\C(=C/N)C=C(C(=O)N(C)C)N1C1CCCC1)Nc1ccc(CN2CC3CCC(C2)N3)cn1. The third-order valence-electron chi connectivity index (χ3n) is 7.57. The first kappa shape index (κ1) is 24.5. The van der Waals surface area contributed by atoms with E-state index in [9.17, 15) is 4.79 Å². The lowest BCUT2D eigenvalue weighted by Crippen LogP contribution is -2.50. The summed E-state index contributed by atoms with van der Waals surface area (Å²) in [7, 11) is 3.53. The molecule has 9 nitrogen and oxygen atoms in total. The molecule has 1 aliphatic carbocycles. The smallest absolute Gasteiger partial charge is 0.270 e. The maximum atomic E-state index is 12.9. The van der Waals surface area contributed by atoms with Crippen LogP contribution in [-0.4, -0.2) is 76.7 Å². The number of pyridine rings is 1. The van der Waals surface area contributed by atoms with E-state index >= 15 is 0 Å². The fourth-order valence-electron chi connectivity index (χ4n) is 5.87. The lowest BCUT2D eigenvalue weighted by Gasteiger charge is -2.32. The molecule has 2 atom stereocenters. The van der Waals surface area contributed by atoms with E-state index in [-0.39, 0.29) is 11.9 Å². The number of carbonyl (C=O) groups excluding carboxylic acids is 1. The fraction of sp³-hybridized carbons (Fsp3) is 0.519. The Labute approximate surface area is 213 Å². The van der Waals surface area contributed by atoms with Crippen molar-refractivity contribution in [2.75, 3.05) is 32.5 Å². The molecule has 5 rings (SSSR count). The van der Waals surface area contributed by atoms with Crippen molar-refractivity contribution in [1.82, 2.24) is 25.0 Å². The summed E-state index contributed by atoms with van der Waals surface area (Å²) in [6, 6.07) is 5.58. The molecule has 4 N–H and O–H groups in total. The van der Waals surface area contributed by atoms with Crippen LogP contribution in [0.4, 0.5) is 5.82 Å². The van der Waals surface area contributed by atoms with E-state index in [1.54, 1.807) is 19.0 Å². The lowest BCUT2D eigenvalue weighted by atomic mass is 10.2. The Kier molecular flexibility index (Phi) is 7.11. The Morgan fingerprint density at radius 3 is 2.58 bits per heavy atom. The molecule has 4 aliphatic rings. The molecular formula is C27H38N8O. The zero-order chi connectivity index (χ0) is 25.2. The van der Waals surface area contributed by atoms with Crippen molar-refractivity contribution in [2.24, 2.45) is 10.7 Å². The number of likely N-dealkylation sites (tertiary alicyclic amines) is 1. The summed E-state index contributed by atoms with van der Waals surface area (Å²) >= 11 is 0. The number of rotatable bonds is 7. The van der Waals surface area contributed by atoms with Gasteiger partial charge in [-0.05, 0) is 43.4 Å². The van der Waals surface area contributed by atoms with E-state index in [2.05, 4.69) is 38.1 Å². The van der Waals surface area contributed by atoms with E-state index in [1.807, 2.05) is 18.3 Å². The Hall–Kier alpha value is -3.17. The van der Waals surface area contributed by atoms with Gasteiger partial charge in [0.15, 0.2) is 0 Å². The number of carbonyl (C=O) groups is 1. The third-order valence-corrected chi connectivity index (χ3v) is 7.57. The highest BCUT2D eigenvalue weighted by Crippen LogP contribution is 2.34. The Morgan fingerprint density at radius 1 is 1.25 bits per heavy atom. The molecule has 3 fully saturated rings. The van der Waals surface area contributed by atoms with E-state index in [0.29, 0.717) is 35.3 Å². The second-order valence-corrected chi connectivity index (χ2v) is 10.6. The van der Waals surface area contributed by atoms with Crippen molar-refractivity contribution in [3.05, 3.63) is 59.8 Å². The van der Waals surface area contributed by atoms with Crippen LogP contribution in [0.15, 0.2) is 59.3 Å². The molecular weight excluding hydrogens is 452 g/mol. The highest BCUT2D eigenvalue weighted by atomic mass is 16.2. The number of hydrogen-bond acceptors (Lipinski definition) is 7. The first-order chi connectivity index (χ1) is 17.4. The van der Waals surface area contributed by atoms with Gasteiger partial charge in [0.2, 0.25) is 0 Å². The van der Waals surface area contributed by atoms with Gasteiger partial charge in [-0.2, -0.15) is 0 Å². The molecule has 1 aromatic rings. The van der Waals surface area contributed by atoms with Gasteiger partial charge in [0, 0.05) is 69.8 Å². The van der Waals surface area contributed by atoms with Gasteiger partial charge < -0.3 is 26.2 Å². The molecule has 0 spiro atoms. The average Bonchev–Trinajstić information content (AvgIpc) is 3.58. The second kappa shape index (κ2) is 10.4. The summed E-state index contributed by atoms with van der Waals surface area (Å²) in [5, 5.41) is 6.90. The molecule has 192 valence electrons. The zero-order valence-electron chi connectivity index (χ0n) is 21.4. The molecule has 1 saturated carbocycles. The molecule has 1 aromatic heterocycles. The van der Waals surface area contributed by atoms with Gasteiger partial charge in [0.25, 0.3) is 5.91 Å². The number of hydrogen-bond donors (Lipinski definition) is 3. The Balaban J connectivity index is 1.27. The quantitative estimate of drug-likeness (QED) is 0.539. The topological polar surface area (TPSA) is 102 Å². The number of anilines is 1. The Morgan fingerprint density at radius 2 is 1.97 bits per heavy atom. The number of aliphatic imine (C=N–C) groups is 1. The fourth-order valence-corrected chi connectivity index (χ4v) is 5.87. The molecule has 2 saturated heterocycles. The summed E-state index contributed by atoms with van der Waals surface area (Å²) in [5.74, 6) is 1.75. The van der Waals surface area contributed by atoms with Crippen LogP contribution in [0.5, 0.6) is 0 Å². The molecule has 36 heavy (non-hydrogen) atoms. The van der Waals surface area contributed by atoms with Gasteiger partial charge in [-0.3, -0.25) is 9.69 Å². The normalized spacial score (nSPS) is 26.6. The van der Waals surface area contributed by atoms with Crippen LogP contribution < -0.4 is 16.4 Å². The van der Waals surface area contributed by atoms with Crippen LogP contribution in [0, 0.1) is 0 Å². The molecule has 1 amide bonds. The number of likely N-dealkylation sites (N-methyl/N-ethyl adjacent to an activating group) is 1. The highest BCUT2D eigenvalue weighted by Gasteiger charge is 2.37. The van der Waals surface area contributed by atoms with Crippen LogP contribution in [0.2, 0.25) is 0 Å². The minimum absolute atomic E-state index is 0.0558. The van der Waals surface area contributed by atoms with Crippen LogP contribution in [0.3, 0.4) is 0 Å². The number of amidine groups is 1. The summed E-state index contributed by atoms with van der Waals surface area (Å²) < 4.78 is 0. The van der Waals surface area contributed by atoms with Crippen molar-refractivity contribution >= 4 is 17.6 Å². The minimum Gasteiger partial charge on any atom is -0.404 e. The molecule has 3 aliphatic heterocycles. The van der Waals surface area contributed by atoms with Gasteiger partial charge in [0.1, 0.15) is 23.2 Å². The van der Waals surface area contributed by atoms with Gasteiger partial charge in [-0.1, -0.05) is 25.5 Å². The predicted octanol–water partition coefficient (Wildman–Crippen LogP) is 2.37. The number of nitrogens with one attached hydrogen (secondary N) is 2. The lowest BCUT2D eigenvalue weighted by molar-refractivity contribution is -0.126. The van der Waals surface area contributed by atoms with Crippen LogP contribution in [0.1, 0.15) is 44.1 Å². The van der Waals surface area contributed by atoms with Crippen molar-refractivity contribution in [3.63, 3.8) is 0 Å². The minimum atomic E-state index is -0.0558. The van der Waals surface area contributed by atoms with E-state index < -0.39 is 0 Å². The summed E-state index contributed by atoms with van der Waals surface area (Å²) in [5.41, 5.74) is 8.49. The van der Waals surface area contributed by atoms with Crippen LogP contribution >= 0.6 is 0 Å². The number of fused-ring (bicyclic) bond motifs is 2. The monoisotopic (exact) mass is 490 g/mol. The molecule has 9 heteroatoms. The van der Waals surface area contributed by atoms with Crippen molar-refractivity contribution in [3.8, 4) is 0 Å². The molecule has 0 aromatic carbocycles. The first-order valence-corrected chi connectivity index (χ1v) is 13.0. The second-order valence-electron chi connectivity index (χ2n) is 10.6. The first-order valence-electron chi connectivity index (χ1n) is 13.0. The van der Waals surface area contributed by atoms with Crippen molar-refractivity contribution in [1.29, 1.82) is 0 Å². The zero-order valence-corrected chi connectivity index (χ0v) is 21.4. The predicted molar refractivity (Wildman–Crippen MR) is 143 cm³/mol. The summed E-state index contributed by atoms with van der Waals surface area (Å²) in [6.07, 6.45) is 12.2. The largest absolute Gasteiger partial charge is 0.404 e. The maximum Gasteiger partial charge on any atom is 0.270 e. The maximum absolute atomic E-state index is 12.9. The van der Waals surface area contributed by atoms with Gasteiger partial charge in [0.05, 0.1) is 0 Å². The van der Waals surface area contributed by atoms with E-state index in [1.165, 1.54) is 24.6 Å². The highest BCUT2D eigenvalue weighted by molar-refractivity contribution is 6.12. The average molecular weight is 491 g/mol. The number of amides is 1.